The van der Waals surface area contributed by atoms with Gasteiger partial charge in [0.05, 0.1) is 4.90 Å². The monoisotopic (exact) mass is 323 g/mol. The first-order valence-electron chi connectivity index (χ1n) is 7.49. The lowest BCUT2D eigenvalue weighted by atomic mass is 10.0. The number of sulfonamides is 1. The lowest BCUT2D eigenvalue weighted by Gasteiger charge is -2.20. The Bertz CT molecular complexity index is 702. The van der Waals surface area contributed by atoms with Crippen LogP contribution in [0.25, 0.3) is 0 Å². The van der Waals surface area contributed by atoms with Gasteiger partial charge in [-0.1, -0.05) is 6.92 Å². The van der Waals surface area contributed by atoms with Crippen molar-refractivity contribution in [3.05, 3.63) is 23.8 Å². The number of carbonyl (C=O) groups is 1. The van der Waals surface area contributed by atoms with Gasteiger partial charge in [-0.25, -0.2) is 13.1 Å². The number of nitrogens with zero attached hydrogens (tertiary/aromatic N) is 1. The van der Waals surface area contributed by atoms with Gasteiger partial charge in [-0.15, -0.1) is 0 Å². The third-order valence-corrected chi connectivity index (χ3v) is 5.87. The molecule has 0 saturated carbocycles. The van der Waals surface area contributed by atoms with Crippen molar-refractivity contribution in [1.82, 2.24) is 9.62 Å². The number of hydrogen-bond donors (Lipinski definition) is 2. The van der Waals surface area contributed by atoms with E-state index in [2.05, 4.69) is 21.9 Å². The van der Waals surface area contributed by atoms with Crippen molar-refractivity contribution in [2.75, 3.05) is 25.5 Å². The summed E-state index contributed by atoms with van der Waals surface area (Å²) in [5.74, 6) is 0.265. The summed E-state index contributed by atoms with van der Waals surface area (Å²) in [7, 11) is -1.54. The third-order valence-electron chi connectivity index (χ3n) is 4.38. The molecule has 2 aliphatic heterocycles. The minimum Gasteiger partial charge on any atom is -0.326 e. The van der Waals surface area contributed by atoms with E-state index >= 15 is 0 Å². The van der Waals surface area contributed by atoms with E-state index < -0.39 is 10.0 Å². The summed E-state index contributed by atoms with van der Waals surface area (Å²) in [6.07, 6.45) is 0.974. The van der Waals surface area contributed by atoms with E-state index in [0.717, 1.165) is 18.7 Å². The van der Waals surface area contributed by atoms with Crippen LogP contribution in [0, 0.1) is 5.92 Å². The maximum absolute atomic E-state index is 12.6. The fraction of sp³-hybridized carbons (Fsp3) is 0.533. The van der Waals surface area contributed by atoms with E-state index in [0.29, 0.717) is 18.5 Å². The molecular formula is C15H21N3O3S. The molecule has 1 saturated heterocycles. The molecule has 6 nitrogen and oxygen atoms in total. The smallest absolute Gasteiger partial charge is 0.240 e. The van der Waals surface area contributed by atoms with E-state index in [4.69, 9.17) is 0 Å². The van der Waals surface area contributed by atoms with Gasteiger partial charge in [0.2, 0.25) is 15.9 Å². The van der Waals surface area contributed by atoms with Crippen molar-refractivity contribution in [3.8, 4) is 0 Å². The van der Waals surface area contributed by atoms with E-state index in [-0.39, 0.29) is 22.8 Å². The second-order valence-electron chi connectivity index (χ2n) is 6.29. The van der Waals surface area contributed by atoms with Crippen LogP contribution in [-0.4, -0.2) is 45.4 Å². The number of anilines is 1. The molecule has 0 unspecified atom stereocenters. The Balaban J connectivity index is 1.82. The molecule has 0 bridgehead atoms. The summed E-state index contributed by atoms with van der Waals surface area (Å²) in [6, 6.07) is 4.83. The number of nitrogens with one attached hydrogen (secondary N) is 2. The van der Waals surface area contributed by atoms with Crippen LogP contribution in [0.2, 0.25) is 0 Å². The van der Waals surface area contributed by atoms with Gasteiger partial charge in [-0.2, -0.15) is 0 Å². The zero-order valence-electron chi connectivity index (χ0n) is 12.8. The van der Waals surface area contributed by atoms with Gasteiger partial charge in [0.25, 0.3) is 0 Å². The molecule has 22 heavy (non-hydrogen) atoms. The van der Waals surface area contributed by atoms with Gasteiger partial charge in [-0.05, 0) is 43.1 Å². The summed E-state index contributed by atoms with van der Waals surface area (Å²) >= 11 is 0. The summed E-state index contributed by atoms with van der Waals surface area (Å²) in [4.78, 5) is 13.8. The summed E-state index contributed by atoms with van der Waals surface area (Å²) in [5.41, 5.74) is 1.59. The highest BCUT2D eigenvalue weighted by Gasteiger charge is 2.31. The van der Waals surface area contributed by atoms with Crippen LogP contribution in [0.3, 0.4) is 0 Å². The Kier molecular flexibility index (Phi) is 3.96. The third kappa shape index (κ3) is 3.02. The Morgan fingerprint density at radius 1 is 1.27 bits per heavy atom. The Labute approximate surface area is 130 Å². The van der Waals surface area contributed by atoms with Crippen LogP contribution in [0.4, 0.5) is 5.69 Å². The van der Waals surface area contributed by atoms with Gasteiger partial charge in [-0.3, -0.25) is 4.79 Å². The molecule has 1 aromatic rings. The van der Waals surface area contributed by atoms with Crippen LogP contribution < -0.4 is 10.0 Å². The fourth-order valence-electron chi connectivity index (χ4n) is 3.16. The average molecular weight is 323 g/mol. The van der Waals surface area contributed by atoms with Crippen LogP contribution in [0.1, 0.15) is 18.9 Å². The van der Waals surface area contributed by atoms with Crippen LogP contribution in [-0.2, 0) is 21.2 Å². The first-order chi connectivity index (χ1) is 10.3. The average Bonchev–Trinajstić information content (AvgIpc) is 2.75. The molecule has 2 heterocycles. The number of fused-ring (bicyclic) bond motifs is 1. The molecule has 7 heteroatoms. The van der Waals surface area contributed by atoms with E-state index in [9.17, 15) is 13.2 Å². The number of amides is 1. The number of carbonyl (C=O) groups excluding carboxylic acids is 1. The minimum absolute atomic E-state index is 0.0240. The normalized spacial score (nSPS) is 25.8. The standard InChI is InChI=1S/C15H21N3O3S/c1-10-8-18(2)9-14(10)17-22(20,21)12-4-5-13-11(7-12)3-6-15(19)16-13/h4-5,7,10,14,17H,3,6,8-9H2,1-2H3,(H,16,19)/t10-,14+/m1/s1. The quantitative estimate of drug-likeness (QED) is 0.862. The zero-order valence-corrected chi connectivity index (χ0v) is 13.6. The maximum atomic E-state index is 12.6. The maximum Gasteiger partial charge on any atom is 0.240 e. The highest BCUT2D eigenvalue weighted by molar-refractivity contribution is 7.89. The fourth-order valence-corrected chi connectivity index (χ4v) is 4.54. The molecular weight excluding hydrogens is 302 g/mol. The molecule has 2 aliphatic rings. The number of rotatable bonds is 3. The zero-order chi connectivity index (χ0) is 15.9. The number of likely N-dealkylation sites (tertiary alicyclic amines) is 1. The summed E-state index contributed by atoms with van der Waals surface area (Å²) < 4.78 is 28.0. The summed E-state index contributed by atoms with van der Waals surface area (Å²) in [6.45, 7) is 3.67. The van der Waals surface area contributed by atoms with Crippen molar-refractivity contribution in [2.24, 2.45) is 5.92 Å². The SMILES string of the molecule is C[C@@H]1CN(C)C[C@@H]1NS(=O)(=O)c1ccc2c(c1)CCC(=O)N2. The van der Waals surface area contributed by atoms with Crippen molar-refractivity contribution < 1.29 is 13.2 Å². The lowest BCUT2D eigenvalue weighted by molar-refractivity contribution is -0.116. The number of aryl methyl sites for hydroxylation is 1. The second kappa shape index (κ2) is 5.64. The van der Waals surface area contributed by atoms with Gasteiger partial charge < -0.3 is 10.2 Å². The van der Waals surface area contributed by atoms with Crippen LogP contribution >= 0.6 is 0 Å². The molecule has 0 aromatic heterocycles. The molecule has 2 atom stereocenters. The molecule has 1 aromatic carbocycles. The Morgan fingerprint density at radius 3 is 2.73 bits per heavy atom. The molecule has 0 aliphatic carbocycles. The lowest BCUT2D eigenvalue weighted by Crippen LogP contribution is -2.39. The predicted molar refractivity (Wildman–Crippen MR) is 84.2 cm³/mol. The predicted octanol–water partition coefficient (Wildman–Crippen LogP) is 0.800. The van der Waals surface area contributed by atoms with Crippen LogP contribution in [0.15, 0.2) is 23.1 Å². The van der Waals surface area contributed by atoms with E-state index in [1.807, 2.05) is 7.05 Å². The molecule has 2 N–H and O–H groups in total. The van der Waals surface area contributed by atoms with E-state index in [1.54, 1.807) is 18.2 Å². The van der Waals surface area contributed by atoms with Gasteiger partial charge in [0.1, 0.15) is 0 Å². The number of benzene rings is 1. The largest absolute Gasteiger partial charge is 0.326 e. The van der Waals surface area contributed by atoms with Crippen molar-refractivity contribution >= 4 is 21.6 Å². The van der Waals surface area contributed by atoms with Gasteiger partial charge in [0, 0.05) is 31.2 Å². The first-order valence-corrected chi connectivity index (χ1v) is 8.97. The molecule has 3 rings (SSSR count). The molecule has 1 fully saturated rings. The second-order valence-corrected chi connectivity index (χ2v) is 8.01. The molecule has 0 radical (unpaired) electrons. The molecule has 120 valence electrons. The summed E-state index contributed by atoms with van der Waals surface area (Å²) in [5, 5.41) is 2.76. The highest BCUT2D eigenvalue weighted by Crippen LogP contribution is 2.26. The highest BCUT2D eigenvalue weighted by atomic mass is 32.2. The van der Waals surface area contributed by atoms with Crippen LogP contribution in [0.5, 0.6) is 0 Å². The van der Waals surface area contributed by atoms with E-state index in [1.165, 1.54) is 0 Å². The van der Waals surface area contributed by atoms with Crippen molar-refractivity contribution in [2.45, 2.75) is 30.7 Å². The Morgan fingerprint density at radius 2 is 2.05 bits per heavy atom. The first kappa shape index (κ1) is 15.5. The van der Waals surface area contributed by atoms with Crippen molar-refractivity contribution in [3.63, 3.8) is 0 Å². The topological polar surface area (TPSA) is 78.5 Å². The number of likely N-dealkylation sites (N-methyl/N-ethyl adjacent to an activating group) is 1. The Hall–Kier alpha value is -1.44. The molecule has 1 amide bonds. The van der Waals surface area contributed by atoms with Gasteiger partial charge >= 0.3 is 0 Å². The number of hydrogen-bond acceptors (Lipinski definition) is 4. The van der Waals surface area contributed by atoms with Crippen molar-refractivity contribution in [1.29, 1.82) is 0 Å². The minimum atomic E-state index is -3.54. The van der Waals surface area contributed by atoms with Gasteiger partial charge in [0.15, 0.2) is 0 Å². The molecule has 0 spiro atoms.